The van der Waals surface area contributed by atoms with Crippen molar-refractivity contribution < 1.29 is 14.3 Å². The topological polar surface area (TPSA) is 104 Å². The summed E-state index contributed by atoms with van der Waals surface area (Å²) < 4.78 is 5.00. The minimum absolute atomic E-state index is 0.0504. The lowest BCUT2D eigenvalue weighted by Gasteiger charge is -2.40. The average molecular weight is 318 g/mol. The number of aromatic amines is 1. The lowest BCUT2D eigenvalue weighted by atomic mass is 9.92. The molecule has 2 aliphatic heterocycles. The summed E-state index contributed by atoms with van der Waals surface area (Å²) >= 11 is 0. The van der Waals surface area contributed by atoms with E-state index in [1.807, 2.05) is 0 Å². The van der Waals surface area contributed by atoms with Crippen molar-refractivity contribution in [2.45, 2.75) is 31.2 Å². The highest BCUT2D eigenvalue weighted by atomic mass is 16.6. The summed E-state index contributed by atoms with van der Waals surface area (Å²) in [5, 5.41) is 2.79. The van der Waals surface area contributed by atoms with E-state index in [9.17, 15) is 14.4 Å². The number of fused-ring (bicyclic) bond motifs is 1. The monoisotopic (exact) mass is 318 g/mol. The maximum atomic E-state index is 12.7. The number of alkyl carbamates (subject to hydrolysis) is 1. The van der Waals surface area contributed by atoms with E-state index < -0.39 is 6.09 Å². The number of carbonyl (C=O) groups is 2. The highest BCUT2D eigenvalue weighted by molar-refractivity contribution is 5.92. The summed E-state index contributed by atoms with van der Waals surface area (Å²) in [7, 11) is 0. The largest absolute Gasteiger partial charge is 0.449 e. The van der Waals surface area contributed by atoms with Crippen LogP contribution in [0.15, 0.2) is 10.9 Å². The quantitative estimate of drug-likeness (QED) is 0.811. The van der Waals surface area contributed by atoms with E-state index >= 15 is 0 Å². The molecular formula is C15H18N4O4. The van der Waals surface area contributed by atoms with Crippen LogP contribution in [0.5, 0.6) is 0 Å². The van der Waals surface area contributed by atoms with Crippen LogP contribution in [0.1, 0.15) is 41.5 Å². The summed E-state index contributed by atoms with van der Waals surface area (Å²) in [4.78, 5) is 44.4. The number of ether oxygens (including phenoxy) is 1. The molecule has 0 radical (unpaired) electrons. The fraction of sp³-hybridized carbons (Fsp3) is 0.600. The predicted octanol–water partition coefficient (Wildman–Crippen LogP) is 0.218. The maximum absolute atomic E-state index is 12.7. The molecule has 0 unspecified atom stereocenters. The van der Waals surface area contributed by atoms with Gasteiger partial charge in [-0.2, -0.15) is 0 Å². The fourth-order valence-corrected chi connectivity index (χ4v) is 3.25. The number of rotatable bonds is 2. The highest BCUT2D eigenvalue weighted by Gasteiger charge is 2.37. The van der Waals surface area contributed by atoms with Crippen LogP contribution >= 0.6 is 0 Å². The molecule has 0 aromatic carbocycles. The van der Waals surface area contributed by atoms with E-state index in [0.717, 1.165) is 12.8 Å². The number of cyclic esters (lactones) is 1. The van der Waals surface area contributed by atoms with E-state index in [2.05, 4.69) is 15.3 Å². The van der Waals surface area contributed by atoms with E-state index in [1.165, 1.54) is 6.07 Å². The number of carbonyl (C=O) groups excluding carboxylic acids is 2. The Kier molecular flexibility index (Phi) is 3.32. The van der Waals surface area contributed by atoms with Crippen LogP contribution in [-0.4, -0.2) is 52.6 Å². The Bertz CT molecular complexity index is 712. The number of amides is 2. The Balaban J connectivity index is 1.51. The third kappa shape index (κ3) is 2.80. The first kappa shape index (κ1) is 14.2. The average Bonchev–Trinajstić information content (AvgIpc) is 3.38. The normalized spacial score (nSPS) is 27.0. The van der Waals surface area contributed by atoms with Crippen LogP contribution in [0, 0.1) is 5.92 Å². The van der Waals surface area contributed by atoms with Crippen molar-refractivity contribution in [3.05, 3.63) is 27.9 Å². The van der Waals surface area contributed by atoms with Gasteiger partial charge in [-0.15, -0.1) is 0 Å². The number of H-pyrrole nitrogens is 1. The first-order chi connectivity index (χ1) is 11.1. The van der Waals surface area contributed by atoms with E-state index in [4.69, 9.17) is 4.74 Å². The number of hydrogen-bond acceptors (Lipinski definition) is 5. The van der Waals surface area contributed by atoms with E-state index in [-0.39, 0.29) is 35.0 Å². The number of nitrogens with one attached hydrogen (secondary N) is 2. The molecule has 8 heteroatoms. The van der Waals surface area contributed by atoms with Gasteiger partial charge in [-0.25, -0.2) is 9.78 Å². The van der Waals surface area contributed by atoms with Gasteiger partial charge in [0, 0.05) is 37.0 Å². The highest BCUT2D eigenvalue weighted by Crippen LogP contribution is 2.37. The van der Waals surface area contributed by atoms with Crippen molar-refractivity contribution in [2.75, 3.05) is 19.7 Å². The van der Waals surface area contributed by atoms with Crippen LogP contribution in [0.2, 0.25) is 0 Å². The molecule has 0 spiro atoms. The van der Waals surface area contributed by atoms with Gasteiger partial charge in [0.2, 0.25) is 0 Å². The zero-order chi connectivity index (χ0) is 16.0. The molecule has 1 aliphatic carbocycles. The number of nitrogens with zero attached hydrogens (tertiary/aromatic N) is 2. The van der Waals surface area contributed by atoms with Crippen molar-refractivity contribution in [2.24, 2.45) is 5.92 Å². The molecule has 1 aromatic heterocycles. The Morgan fingerprint density at radius 1 is 1.30 bits per heavy atom. The first-order valence-corrected chi connectivity index (χ1v) is 7.94. The van der Waals surface area contributed by atoms with Crippen LogP contribution in [0.25, 0.3) is 0 Å². The van der Waals surface area contributed by atoms with Crippen molar-refractivity contribution in [1.82, 2.24) is 20.2 Å². The molecule has 2 N–H and O–H groups in total. The first-order valence-electron chi connectivity index (χ1n) is 7.94. The van der Waals surface area contributed by atoms with Crippen molar-refractivity contribution in [1.29, 1.82) is 0 Å². The summed E-state index contributed by atoms with van der Waals surface area (Å²) in [5.41, 5.74) is -0.0803. The second-order valence-electron chi connectivity index (χ2n) is 6.44. The molecule has 1 saturated carbocycles. The van der Waals surface area contributed by atoms with Gasteiger partial charge in [0.15, 0.2) is 0 Å². The van der Waals surface area contributed by atoms with Gasteiger partial charge < -0.3 is 19.9 Å². The standard InChI is InChI=1S/C15H18N4O4/c20-12-5-11(16-13(18-12)8-1-2-8)14(21)19-4-3-10-9(6-19)7-23-15(22)17-10/h5,8-10H,1-4,6-7H2,(H,17,22)(H,16,18,20)/t9-,10+/m1/s1. The molecule has 122 valence electrons. The zero-order valence-electron chi connectivity index (χ0n) is 12.6. The molecule has 23 heavy (non-hydrogen) atoms. The van der Waals surface area contributed by atoms with Gasteiger partial charge in [-0.05, 0) is 19.3 Å². The molecular weight excluding hydrogens is 300 g/mol. The maximum Gasteiger partial charge on any atom is 0.407 e. The minimum Gasteiger partial charge on any atom is -0.449 e. The molecule has 3 fully saturated rings. The molecule has 2 atom stereocenters. The summed E-state index contributed by atoms with van der Waals surface area (Å²) in [6.45, 7) is 1.35. The number of piperidine rings is 1. The Morgan fingerprint density at radius 2 is 2.13 bits per heavy atom. The van der Waals surface area contributed by atoms with Gasteiger partial charge in [0.25, 0.3) is 11.5 Å². The van der Waals surface area contributed by atoms with Gasteiger partial charge in [0.1, 0.15) is 11.5 Å². The van der Waals surface area contributed by atoms with Crippen molar-refractivity contribution in [3.8, 4) is 0 Å². The SMILES string of the molecule is O=C1N[C@H]2CCN(C(=O)c3cc(=O)[nH]c(C4CC4)n3)C[C@@H]2CO1. The molecule has 4 rings (SSSR count). The third-order valence-electron chi connectivity index (χ3n) is 4.70. The second-order valence-corrected chi connectivity index (χ2v) is 6.44. The van der Waals surface area contributed by atoms with Crippen LogP contribution < -0.4 is 10.9 Å². The van der Waals surface area contributed by atoms with Gasteiger partial charge in [0.05, 0.1) is 6.61 Å². The molecule has 2 amide bonds. The molecule has 8 nitrogen and oxygen atoms in total. The fourth-order valence-electron chi connectivity index (χ4n) is 3.25. The molecule has 3 heterocycles. The summed E-state index contributed by atoms with van der Waals surface area (Å²) in [6.07, 6.45) is 2.30. The Morgan fingerprint density at radius 3 is 2.91 bits per heavy atom. The van der Waals surface area contributed by atoms with E-state index in [1.54, 1.807) is 4.90 Å². The smallest absolute Gasteiger partial charge is 0.407 e. The third-order valence-corrected chi connectivity index (χ3v) is 4.70. The second kappa shape index (κ2) is 5.36. The number of likely N-dealkylation sites (tertiary alicyclic amines) is 1. The molecule has 3 aliphatic rings. The lowest BCUT2D eigenvalue weighted by Crippen LogP contribution is -2.57. The Labute approximate surface area is 132 Å². The Hall–Kier alpha value is -2.38. The number of hydrogen-bond donors (Lipinski definition) is 2. The van der Waals surface area contributed by atoms with Gasteiger partial charge in [-0.1, -0.05) is 0 Å². The minimum atomic E-state index is -0.392. The number of aromatic nitrogens is 2. The van der Waals surface area contributed by atoms with Crippen LogP contribution in [0.4, 0.5) is 4.79 Å². The molecule has 2 saturated heterocycles. The lowest BCUT2D eigenvalue weighted by molar-refractivity contribution is 0.0321. The molecule has 0 bridgehead atoms. The molecule has 1 aromatic rings. The van der Waals surface area contributed by atoms with Crippen LogP contribution in [0.3, 0.4) is 0 Å². The van der Waals surface area contributed by atoms with Gasteiger partial charge >= 0.3 is 6.09 Å². The van der Waals surface area contributed by atoms with E-state index in [0.29, 0.717) is 31.9 Å². The van der Waals surface area contributed by atoms with Gasteiger partial charge in [-0.3, -0.25) is 9.59 Å². The zero-order valence-corrected chi connectivity index (χ0v) is 12.6. The summed E-state index contributed by atoms with van der Waals surface area (Å²) in [5.74, 6) is 0.746. The summed E-state index contributed by atoms with van der Waals surface area (Å²) in [6, 6.07) is 1.31. The van der Waals surface area contributed by atoms with Crippen molar-refractivity contribution in [3.63, 3.8) is 0 Å². The van der Waals surface area contributed by atoms with Crippen molar-refractivity contribution >= 4 is 12.0 Å². The predicted molar refractivity (Wildman–Crippen MR) is 79.1 cm³/mol. The van der Waals surface area contributed by atoms with Crippen LogP contribution in [-0.2, 0) is 4.74 Å².